The van der Waals surface area contributed by atoms with Crippen molar-refractivity contribution in [1.82, 2.24) is 5.32 Å². The van der Waals surface area contributed by atoms with E-state index in [0.29, 0.717) is 12.6 Å². The van der Waals surface area contributed by atoms with Crippen molar-refractivity contribution < 1.29 is 4.74 Å². The van der Waals surface area contributed by atoms with Crippen molar-refractivity contribution in [1.29, 1.82) is 0 Å². The van der Waals surface area contributed by atoms with E-state index in [-0.39, 0.29) is 5.60 Å². The first-order chi connectivity index (χ1) is 14.3. The second kappa shape index (κ2) is 11.8. The van der Waals surface area contributed by atoms with E-state index in [4.69, 9.17) is 9.73 Å². The Morgan fingerprint density at radius 2 is 1.97 bits per heavy atom. The third kappa shape index (κ3) is 8.64. The molecule has 1 aromatic rings. The van der Waals surface area contributed by atoms with Gasteiger partial charge in [-0.1, -0.05) is 54.6 Å². The van der Waals surface area contributed by atoms with E-state index in [2.05, 4.69) is 88.2 Å². The predicted molar refractivity (Wildman–Crippen MR) is 130 cm³/mol. The largest absolute Gasteiger partial charge is 0.371 e. The van der Waals surface area contributed by atoms with Gasteiger partial charge >= 0.3 is 0 Å². The first-order valence-electron chi connectivity index (χ1n) is 10.9. The third-order valence-electron chi connectivity index (χ3n) is 5.19. The van der Waals surface area contributed by atoms with Crippen LogP contribution in [-0.2, 0) is 11.2 Å². The van der Waals surface area contributed by atoms with Crippen molar-refractivity contribution in [3.8, 4) is 0 Å². The number of hydrogen-bond acceptors (Lipinski definition) is 3. The van der Waals surface area contributed by atoms with Crippen LogP contribution in [0.4, 0.5) is 0 Å². The van der Waals surface area contributed by atoms with Crippen LogP contribution in [0.5, 0.6) is 0 Å². The molecule has 1 aliphatic rings. The van der Waals surface area contributed by atoms with Gasteiger partial charge < -0.3 is 10.1 Å². The van der Waals surface area contributed by atoms with E-state index in [9.17, 15) is 0 Å². The van der Waals surface area contributed by atoms with E-state index in [1.165, 1.54) is 11.1 Å². The fraction of sp³-hybridized carbons (Fsp3) is 0.444. The van der Waals surface area contributed by atoms with E-state index in [1.54, 1.807) is 0 Å². The highest BCUT2D eigenvalue weighted by molar-refractivity contribution is 5.94. The normalized spacial score (nSPS) is 16.3. The van der Waals surface area contributed by atoms with Gasteiger partial charge in [-0.25, -0.2) is 0 Å². The van der Waals surface area contributed by atoms with Crippen LogP contribution in [0.1, 0.15) is 53.0 Å². The molecule has 0 bridgehead atoms. The summed E-state index contributed by atoms with van der Waals surface area (Å²) < 4.78 is 6.17. The van der Waals surface area contributed by atoms with Crippen LogP contribution in [-0.4, -0.2) is 30.5 Å². The van der Waals surface area contributed by atoms with Crippen molar-refractivity contribution >= 4 is 5.71 Å². The summed E-state index contributed by atoms with van der Waals surface area (Å²) in [5.41, 5.74) is 5.65. The number of allylic oxidation sites excluding steroid dienone is 5. The number of nitrogens with zero attached hydrogens (tertiary/aromatic N) is 1. The fourth-order valence-electron chi connectivity index (χ4n) is 3.82. The summed E-state index contributed by atoms with van der Waals surface area (Å²) in [6.45, 7) is 16.2. The SMILES string of the molecule is C=CC1=C(/C=C\COC(C)(C)CC(C)NCCc2ccccc2)N=C(C)C=C(C)C1. The summed E-state index contributed by atoms with van der Waals surface area (Å²) in [7, 11) is 0. The molecule has 2 rings (SSSR count). The van der Waals surface area contributed by atoms with E-state index in [0.717, 1.165) is 42.8 Å². The monoisotopic (exact) mass is 406 g/mol. The predicted octanol–water partition coefficient (Wildman–Crippen LogP) is 6.20. The lowest BCUT2D eigenvalue weighted by Gasteiger charge is -2.28. The van der Waals surface area contributed by atoms with Crippen LogP contribution >= 0.6 is 0 Å². The summed E-state index contributed by atoms with van der Waals surface area (Å²) in [6.07, 6.45) is 11.1. The first-order valence-corrected chi connectivity index (χ1v) is 10.9. The van der Waals surface area contributed by atoms with Crippen molar-refractivity contribution in [2.45, 2.75) is 65.5 Å². The number of rotatable bonds is 11. The summed E-state index contributed by atoms with van der Waals surface area (Å²) in [5.74, 6) is 0. The first kappa shape index (κ1) is 24.0. The average molecular weight is 407 g/mol. The van der Waals surface area contributed by atoms with Crippen LogP contribution < -0.4 is 5.32 Å². The molecule has 1 atom stereocenters. The standard InChI is InChI=1S/C27H38N2O/c1-7-25-19-21(2)18-22(3)29-26(25)14-11-17-30-27(5,6)20-23(4)28-16-15-24-12-9-8-10-13-24/h7-14,18,23,28H,1,15-17,19-20H2,2-6H3/b14-11-. The molecule has 1 aliphatic heterocycles. The molecule has 30 heavy (non-hydrogen) atoms. The molecule has 1 heterocycles. The highest BCUT2D eigenvalue weighted by atomic mass is 16.5. The minimum atomic E-state index is -0.195. The Morgan fingerprint density at radius 3 is 2.67 bits per heavy atom. The Balaban J connectivity index is 1.79. The zero-order chi connectivity index (χ0) is 22.0. The molecule has 162 valence electrons. The van der Waals surface area contributed by atoms with E-state index >= 15 is 0 Å². The van der Waals surface area contributed by atoms with Crippen molar-refractivity contribution in [2.75, 3.05) is 13.2 Å². The molecule has 1 aromatic carbocycles. The van der Waals surface area contributed by atoms with Crippen LogP contribution in [0.2, 0.25) is 0 Å². The topological polar surface area (TPSA) is 33.6 Å². The molecule has 1 unspecified atom stereocenters. The molecule has 0 saturated carbocycles. The number of nitrogens with one attached hydrogen (secondary N) is 1. The van der Waals surface area contributed by atoms with Gasteiger partial charge in [-0.15, -0.1) is 0 Å². The molecule has 0 radical (unpaired) electrons. The zero-order valence-electron chi connectivity index (χ0n) is 19.4. The molecule has 0 spiro atoms. The lowest BCUT2D eigenvalue weighted by Crippen LogP contribution is -2.37. The Kier molecular flexibility index (Phi) is 9.48. The Morgan fingerprint density at radius 1 is 1.23 bits per heavy atom. The quantitative estimate of drug-likeness (QED) is 0.475. The molecule has 1 N–H and O–H groups in total. The summed E-state index contributed by atoms with van der Waals surface area (Å²) >= 11 is 0. The lowest BCUT2D eigenvalue weighted by atomic mass is 9.99. The smallest absolute Gasteiger partial charge is 0.0665 e. The van der Waals surface area contributed by atoms with Gasteiger partial charge in [0.1, 0.15) is 0 Å². The molecular formula is C27H38N2O. The number of ether oxygens (including phenoxy) is 1. The van der Waals surface area contributed by atoms with Gasteiger partial charge in [0.2, 0.25) is 0 Å². The molecule has 0 saturated heterocycles. The molecule has 3 heteroatoms. The Labute approximate surface area is 183 Å². The number of hydrogen-bond donors (Lipinski definition) is 1. The maximum Gasteiger partial charge on any atom is 0.0665 e. The average Bonchev–Trinajstić information content (AvgIpc) is 2.82. The van der Waals surface area contributed by atoms with Gasteiger partial charge in [0, 0.05) is 11.8 Å². The van der Waals surface area contributed by atoms with Crippen LogP contribution in [0.3, 0.4) is 0 Å². The zero-order valence-corrected chi connectivity index (χ0v) is 19.4. The number of aliphatic imine (C=N–C) groups is 1. The lowest BCUT2D eigenvalue weighted by molar-refractivity contribution is -0.0132. The van der Waals surface area contributed by atoms with Crippen LogP contribution in [0.15, 0.2) is 83.1 Å². The van der Waals surface area contributed by atoms with Gasteiger partial charge in [0.15, 0.2) is 0 Å². The van der Waals surface area contributed by atoms with Gasteiger partial charge in [-0.3, -0.25) is 4.99 Å². The maximum atomic E-state index is 6.17. The van der Waals surface area contributed by atoms with Gasteiger partial charge in [-0.05, 0) is 83.7 Å². The number of benzene rings is 1. The van der Waals surface area contributed by atoms with E-state index < -0.39 is 0 Å². The maximum absolute atomic E-state index is 6.17. The minimum absolute atomic E-state index is 0.195. The second-order valence-electron chi connectivity index (χ2n) is 8.80. The van der Waals surface area contributed by atoms with Crippen molar-refractivity contribution in [3.05, 3.63) is 83.6 Å². The highest BCUT2D eigenvalue weighted by Gasteiger charge is 2.21. The second-order valence-corrected chi connectivity index (χ2v) is 8.80. The Hall–Kier alpha value is -2.23. The van der Waals surface area contributed by atoms with Crippen molar-refractivity contribution in [3.63, 3.8) is 0 Å². The summed E-state index contributed by atoms with van der Waals surface area (Å²) in [4.78, 5) is 4.72. The third-order valence-corrected chi connectivity index (χ3v) is 5.19. The molecule has 0 fully saturated rings. The van der Waals surface area contributed by atoms with Crippen LogP contribution in [0, 0.1) is 0 Å². The minimum Gasteiger partial charge on any atom is -0.371 e. The molecule has 3 nitrogen and oxygen atoms in total. The fourth-order valence-corrected chi connectivity index (χ4v) is 3.82. The van der Waals surface area contributed by atoms with E-state index in [1.807, 2.05) is 13.0 Å². The molecular weight excluding hydrogens is 368 g/mol. The van der Waals surface area contributed by atoms with Gasteiger partial charge in [-0.2, -0.15) is 0 Å². The molecule has 0 aliphatic carbocycles. The molecule has 0 amide bonds. The van der Waals surface area contributed by atoms with Gasteiger partial charge in [0.25, 0.3) is 0 Å². The highest BCUT2D eigenvalue weighted by Crippen LogP contribution is 2.22. The van der Waals surface area contributed by atoms with Crippen LogP contribution in [0.25, 0.3) is 0 Å². The van der Waals surface area contributed by atoms with Crippen molar-refractivity contribution in [2.24, 2.45) is 4.99 Å². The molecule has 0 aromatic heterocycles. The summed E-state index contributed by atoms with van der Waals surface area (Å²) in [5, 5.41) is 3.62. The Bertz CT molecular complexity index is 813. The summed E-state index contributed by atoms with van der Waals surface area (Å²) in [6, 6.07) is 11.0. The van der Waals surface area contributed by atoms with Gasteiger partial charge in [0.05, 0.1) is 17.9 Å².